The first kappa shape index (κ1) is 17.5. The van der Waals surface area contributed by atoms with Crippen molar-refractivity contribution in [3.8, 4) is 5.75 Å². The Hall–Kier alpha value is -3.28. The second-order valence-corrected chi connectivity index (χ2v) is 5.75. The normalized spacial score (nSPS) is 10.3. The van der Waals surface area contributed by atoms with Crippen molar-refractivity contribution in [1.29, 1.82) is 0 Å². The number of pyridine rings is 1. The van der Waals surface area contributed by atoms with Gasteiger partial charge in [0.25, 0.3) is 5.91 Å². The maximum Gasteiger partial charge on any atom is 0.253 e. The Balaban J connectivity index is 1.50. The van der Waals surface area contributed by atoms with Crippen molar-refractivity contribution in [2.45, 2.75) is 13.0 Å². The molecule has 0 fully saturated rings. The molecule has 1 aromatic carbocycles. The van der Waals surface area contributed by atoms with Crippen LogP contribution in [0, 0.1) is 0 Å². The van der Waals surface area contributed by atoms with Crippen LogP contribution in [0.1, 0.15) is 21.7 Å². The molecule has 0 saturated carbocycles. The zero-order valence-corrected chi connectivity index (χ0v) is 14.6. The van der Waals surface area contributed by atoms with E-state index < -0.39 is 0 Å². The number of amides is 1. The van der Waals surface area contributed by atoms with Gasteiger partial charge in [0.2, 0.25) is 0 Å². The van der Waals surface area contributed by atoms with Crippen molar-refractivity contribution in [3.05, 3.63) is 78.0 Å². The second kappa shape index (κ2) is 8.71. The Kier molecular flexibility index (Phi) is 5.88. The van der Waals surface area contributed by atoms with Crippen LogP contribution in [0.15, 0.2) is 65.5 Å². The Morgan fingerprint density at radius 3 is 2.77 bits per heavy atom. The molecule has 3 aromatic rings. The minimum atomic E-state index is -0.187. The summed E-state index contributed by atoms with van der Waals surface area (Å²) in [5.74, 6) is 1.37. The number of rotatable bonds is 8. The first-order valence-corrected chi connectivity index (χ1v) is 8.37. The first-order chi connectivity index (χ1) is 12.7. The maximum atomic E-state index is 12.2. The molecule has 0 bridgehead atoms. The van der Waals surface area contributed by atoms with Crippen molar-refractivity contribution < 1.29 is 13.9 Å². The van der Waals surface area contributed by atoms with Gasteiger partial charge >= 0.3 is 0 Å². The van der Waals surface area contributed by atoms with E-state index in [1.807, 2.05) is 30.3 Å². The molecule has 6 nitrogen and oxygen atoms in total. The number of benzene rings is 1. The zero-order valence-electron chi connectivity index (χ0n) is 14.6. The van der Waals surface area contributed by atoms with E-state index in [1.54, 1.807) is 37.9 Å². The van der Waals surface area contributed by atoms with Crippen LogP contribution < -0.4 is 15.4 Å². The molecule has 6 heteroatoms. The Morgan fingerprint density at radius 1 is 1.19 bits per heavy atom. The molecule has 2 heterocycles. The van der Waals surface area contributed by atoms with E-state index in [-0.39, 0.29) is 5.91 Å². The molecular formula is C20H21N3O3. The van der Waals surface area contributed by atoms with Gasteiger partial charge < -0.3 is 19.8 Å². The summed E-state index contributed by atoms with van der Waals surface area (Å²) in [6, 6.07) is 13.4. The average molecular weight is 351 g/mol. The van der Waals surface area contributed by atoms with Crippen LogP contribution in [-0.4, -0.2) is 24.5 Å². The molecule has 0 unspecified atom stereocenters. The number of nitrogens with one attached hydrogen (secondary N) is 2. The van der Waals surface area contributed by atoms with Crippen molar-refractivity contribution in [2.24, 2.45) is 0 Å². The van der Waals surface area contributed by atoms with E-state index in [2.05, 4.69) is 15.6 Å². The average Bonchev–Trinajstić information content (AvgIpc) is 3.20. The van der Waals surface area contributed by atoms with Crippen LogP contribution in [0.25, 0.3) is 0 Å². The van der Waals surface area contributed by atoms with Crippen molar-refractivity contribution >= 4 is 11.6 Å². The molecule has 0 saturated heterocycles. The fraction of sp³-hybridized carbons (Fsp3) is 0.200. The van der Waals surface area contributed by atoms with E-state index in [4.69, 9.17) is 9.15 Å². The number of ether oxygens (including phenoxy) is 1. The highest BCUT2D eigenvalue weighted by molar-refractivity contribution is 5.94. The molecule has 3 rings (SSSR count). The van der Waals surface area contributed by atoms with Gasteiger partial charge in [0.05, 0.1) is 31.2 Å². The van der Waals surface area contributed by atoms with E-state index in [1.165, 1.54) is 5.56 Å². The molecule has 0 aliphatic carbocycles. The van der Waals surface area contributed by atoms with Crippen LogP contribution in [0.3, 0.4) is 0 Å². The topological polar surface area (TPSA) is 76.4 Å². The SMILES string of the molecule is COc1ccc(CCNc2cncc(C(=O)NCc3ccco3)c2)cc1. The van der Waals surface area contributed by atoms with Gasteiger partial charge in [-0.05, 0) is 42.3 Å². The van der Waals surface area contributed by atoms with Gasteiger partial charge in [-0.15, -0.1) is 0 Å². The number of anilines is 1. The quantitative estimate of drug-likeness (QED) is 0.651. The van der Waals surface area contributed by atoms with Crippen LogP contribution in [0.5, 0.6) is 5.75 Å². The van der Waals surface area contributed by atoms with E-state index in [0.717, 1.165) is 24.4 Å². The summed E-state index contributed by atoms with van der Waals surface area (Å²) in [6.07, 6.45) is 5.69. The van der Waals surface area contributed by atoms with Crippen LogP contribution >= 0.6 is 0 Å². The fourth-order valence-corrected chi connectivity index (χ4v) is 2.49. The van der Waals surface area contributed by atoms with Crippen molar-refractivity contribution in [3.63, 3.8) is 0 Å². The van der Waals surface area contributed by atoms with Crippen LogP contribution in [0.4, 0.5) is 5.69 Å². The monoisotopic (exact) mass is 351 g/mol. The number of furan rings is 1. The van der Waals surface area contributed by atoms with Crippen molar-refractivity contribution in [2.75, 3.05) is 19.0 Å². The predicted octanol–water partition coefficient (Wildman–Crippen LogP) is 3.27. The largest absolute Gasteiger partial charge is 0.497 e. The lowest BCUT2D eigenvalue weighted by Crippen LogP contribution is -2.22. The molecule has 0 spiro atoms. The van der Waals surface area contributed by atoms with Gasteiger partial charge in [-0.25, -0.2) is 0 Å². The Labute approximate surface area is 152 Å². The molecule has 0 radical (unpaired) electrons. The molecule has 134 valence electrons. The highest BCUT2D eigenvalue weighted by Gasteiger charge is 2.07. The summed E-state index contributed by atoms with van der Waals surface area (Å²) in [5.41, 5.74) is 2.52. The molecule has 2 N–H and O–H groups in total. The van der Waals surface area contributed by atoms with Crippen molar-refractivity contribution in [1.82, 2.24) is 10.3 Å². The summed E-state index contributed by atoms with van der Waals surface area (Å²) in [6.45, 7) is 1.09. The molecular weight excluding hydrogens is 330 g/mol. The van der Waals surface area contributed by atoms with E-state index >= 15 is 0 Å². The van der Waals surface area contributed by atoms with E-state index in [0.29, 0.717) is 17.9 Å². The van der Waals surface area contributed by atoms with Gasteiger partial charge in [-0.3, -0.25) is 9.78 Å². The molecule has 1 amide bonds. The molecule has 0 aliphatic rings. The second-order valence-electron chi connectivity index (χ2n) is 5.75. The Morgan fingerprint density at radius 2 is 2.04 bits per heavy atom. The summed E-state index contributed by atoms with van der Waals surface area (Å²) in [7, 11) is 1.65. The summed E-state index contributed by atoms with van der Waals surface area (Å²) >= 11 is 0. The highest BCUT2D eigenvalue weighted by Crippen LogP contribution is 2.13. The Bertz CT molecular complexity index is 830. The lowest BCUT2D eigenvalue weighted by atomic mass is 10.1. The highest BCUT2D eigenvalue weighted by atomic mass is 16.5. The van der Waals surface area contributed by atoms with Gasteiger partial charge in [0.1, 0.15) is 11.5 Å². The smallest absolute Gasteiger partial charge is 0.253 e. The number of hydrogen-bond acceptors (Lipinski definition) is 5. The first-order valence-electron chi connectivity index (χ1n) is 8.37. The lowest BCUT2D eigenvalue weighted by molar-refractivity contribution is 0.0947. The molecule has 0 aliphatic heterocycles. The van der Waals surface area contributed by atoms with Gasteiger partial charge in [0.15, 0.2) is 0 Å². The number of aromatic nitrogens is 1. The fourth-order valence-electron chi connectivity index (χ4n) is 2.49. The third-order valence-corrected chi connectivity index (χ3v) is 3.91. The van der Waals surface area contributed by atoms with E-state index in [9.17, 15) is 4.79 Å². The van der Waals surface area contributed by atoms with Gasteiger partial charge in [-0.1, -0.05) is 12.1 Å². The van der Waals surface area contributed by atoms with Gasteiger partial charge in [-0.2, -0.15) is 0 Å². The van der Waals surface area contributed by atoms with Crippen LogP contribution in [0.2, 0.25) is 0 Å². The lowest BCUT2D eigenvalue weighted by Gasteiger charge is -2.09. The molecule has 26 heavy (non-hydrogen) atoms. The van der Waals surface area contributed by atoms with Crippen LogP contribution in [-0.2, 0) is 13.0 Å². The number of carbonyl (C=O) groups is 1. The number of nitrogens with zero attached hydrogens (tertiary/aromatic N) is 1. The minimum absolute atomic E-state index is 0.187. The molecule has 2 aromatic heterocycles. The number of carbonyl (C=O) groups excluding carboxylic acids is 1. The summed E-state index contributed by atoms with van der Waals surface area (Å²) in [5, 5.41) is 6.10. The predicted molar refractivity (Wildman–Crippen MR) is 99.3 cm³/mol. The third kappa shape index (κ3) is 4.86. The van der Waals surface area contributed by atoms with Gasteiger partial charge in [0, 0.05) is 18.9 Å². The zero-order chi connectivity index (χ0) is 18.2. The standard InChI is InChI=1S/C20H21N3O3/c1-25-18-6-4-15(5-7-18)8-9-22-17-11-16(12-21-13-17)20(24)23-14-19-3-2-10-26-19/h2-7,10-13,22H,8-9,14H2,1H3,(H,23,24). The minimum Gasteiger partial charge on any atom is -0.497 e. The maximum absolute atomic E-state index is 12.2. The summed E-state index contributed by atoms with van der Waals surface area (Å²) < 4.78 is 10.4. The molecule has 0 atom stereocenters. The summed E-state index contributed by atoms with van der Waals surface area (Å²) in [4.78, 5) is 16.4. The third-order valence-electron chi connectivity index (χ3n) is 3.91. The number of methoxy groups -OCH3 is 1. The number of hydrogen-bond donors (Lipinski definition) is 2.